The average molecular weight is 475 g/mol. The quantitative estimate of drug-likeness (QED) is 0.203. The van der Waals surface area contributed by atoms with Gasteiger partial charge in [0.15, 0.2) is 5.78 Å². The summed E-state index contributed by atoms with van der Waals surface area (Å²) in [6, 6.07) is 15.6. The van der Waals surface area contributed by atoms with Crippen LogP contribution in [0.2, 0.25) is 0 Å². The van der Waals surface area contributed by atoms with Crippen LogP contribution in [-0.4, -0.2) is 44.1 Å². The van der Waals surface area contributed by atoms with E-state index in [1.807, 2.05) is 37.3 Å². The summed E-state index contributed by atoms with van der Waals surface area (Å²) in [7, 11) is -3.88. The molecule has 2 aromatic rings. The van der Waals surface area contributed by atoms with Crippen LogP contribution in [0.5, 0.6) is 0 Å². The molecule has 0 amide bonds. The van der Waals surface area contributed by atoms with Crippen molar-refractivity contribution in [2.75, 3.05) is 13.2 Å². The summed E-state index contributed by atoms with van der Waals surface area (Å²) in [4.78, 5) is 25.1. The first-order valence-corrected chi connectivity index (χ1v) is 12.2. The molecule has 8 heteroatoms. The lowest BCUT2D eigenvalue weighted by Gasteiger charge is -2.23. The summed E-state index contributed by atoms with van der Waals surface area (Å²) in [5.41, 5.74) is -0.501. The van der Waals surface area contributed by atoms with Crippen LogP contribution in [0.3, 0.4) is 0 Å². The maximum Gasteiger partial charge on any atom is 0.346 e. The second-order valence-corrected chi connectivity index (χ2v) is 9.18. The normalized spacial score (nSPS) is 13.5. The molecule has 0 aliphatic carbocycles. The molecule has 0 saturated carbocycles. The number of Topliss-reactive ketones (excluding diaryl/α,β-unsaturated/α-hetero) is 1. The van der Waals surface area contributed by atoms with Crippen molar-refractivity contribution in [3.8, 4) is 0 Å². The Balaban J connectivity index is 1.90. The van der Waals surface area contributed by atoms with E-state index < -0.39 is 27.5 Å². The van der Waals surface area contributed by atoms with Crippen molar-refractivity contribution >= 4 is 27.9 Å². The van der Waals surface area contributed by atoms with Crippen molar-refractivity contribution in [2.24, 2.45) is 0 Å². The molecular weight excluding hydrogens is 444 g/mol. The molecule has 0 aromatic heterocycles. The molecule has 0 heterocycles. The molecule has 1 unspecified atom stereocenters. The van der Waals surface area contributed by atoms with E-state index in [9.17, 15) is 23.1 Å². The zero-order chi connectivity index (χ0) is 24.3. The van der Waals surface area contributed by atoms with E-state index in [0.717, 1.165) is 11.1 Å². The van der Waals surface area contributed by atoms with E-state index in [1.165, 1.54) is 12.1 Å². The summed E-state index contributed by atoms with van der Waals surface area (Å²) in [6.07, 6.45) is 3.42. The highest BCUT2D eigenvalue weighted by Gasteiger charge is 2.43. The Bertz CT molecular complexity index is 1040. The molecule has 2 aromatic carbocycles. The predicted octanol–water partition coefficient (Wildman–Crippen LogP) is 3.84. The van der Waals surface area contributed by atoms with Crippen LogP contribution in [0.1, 0.15) is 43.7 Å². The van der Waals surface area contributed by atoms with Gasteiger partial charge in [-0.3, -0.25) is 8.98 Å². The largest absolute Gasteiger partial charge is 0.464 e. The number of unbranched alkanes of at least 4 members (excludes halogenated alkanes) is 1. The van der Waals surface area contributed by atoms with Crippen molar-refractivity contribution in [3.05, 3.63) is 71.8 Å². The fourth-order valence-electron chi connectivity index (χ4n) is 3.03. The summed E-state index contributed by atoms with van der Waals surface area (Å²) in [5.74, 6) is -1.68. The van der Waals surface area contributed by atoms with Gasteiger partial charge in [0, 0.05) is 12.8 Å². The minimum absolute atomic E-state index is 0.0293. The van der Waals surface area contributed by atoms with Gasteiger partial charge >= 0.3 is 5.97 Å². The molecule has 0 aliphatic heterocycles. The number of benzene rings is 2. The highest BCUT2D eigenvalue weighted by molar-refractivity contribution is 7.86. The molecule has 0 radical (unpaired) electrons. The second kappa shape index (κ2) is 12.4. The molecule has 1 atom stereocenters. The van der Waals surface area contributed by atoms with Gasteiger partial charge in [0.2, 0.25) is 5.60 Å². The zero-order valence-corrected chi connectivity index (χ0v) is 19.7. The average Bonchev–Trinajstić information content (AvgIpc) is 2.79. The summed E-state index contributed by atoms with van der Waals surface area (Å²) < 4.78 is 34.3. The first kappa shape index (κ1) is 26.4. The number of hydrogen-bond donors (Lipinski definition) is 1. The van der Waals surface area contributed by atoms with E-state index in [1.54, 1.807) is 31.2 Å². The summed E-state index contributed by atoms with van der Waals surface area (Å²) in [6.45, 7) is 3.36. The zero-order valence-electron chi connectivity index (χ0n) is 18.9. The lowest BCUT2D eigenvalue weighted by atomic mass is 9.90. The molecule has 1 N–H and O–H groups in total. The third-order valence-corrected chi connectivity index (χ3v) is 6.27. The van der Waals surface area contributed by atoms with E-state index in [0.29, 0.717) is 0 Å². The third-order valence-electron chi connectivity index (χ3n) is 4.94. The molecule has 0 bridgehead atoms. The maximum atomic E-state index is 12.7. The van der Waals surface area contributed by atoms with Gasteiger partial charge in [-0.25, -0.2) is 4.79 Å². The number of rotatable bonds is 13. The van der Waals surface area contributed by atoms with Crippen LogP contribution in [-0.2, 0) is 28.6 Å². The molecule has 0 fully saturated rings. The number of aryl methyl sites for hydroxylation is 1. The van der Waals surface area contributed by atoms with Gasteiger partial charge in [-0.15, -0.1) is 0 Å². The summed E-state index contributed by atoms with van der Waals surface area (Å²) >= 11 is 0. The monoisotopic (exact) mass is 474 g/mol. The molecule has 2 rings (SSSR count). The van der Waals surface area contributed by atoms with Crippen LogP contribution in [0.4, 0.5) is 0 Å². The van der Waals surface area contributed by atoms with Crippen molar-refractivity contribution in [3.63, 3.8) is 0 Å². The van der Waals surface area contributed by atoms with Crippen LogP contribution < -0.4 is 0 Å². The van der Waals surface area contributed by atoms with Crippen LogP contribution in [0, 0.1) is 6.92 Å². The number of carbonyl (C=O) groups excluding carboxylic acids is 2. The maximum absolute atomic E-state index is 12.7. The highest BCUT2D eigenvalue weighted by Crippen LogP contribution is 2.20. The molecule has 33 heavy (non-hydrogen) atoms. The van der Waals surface area contributed by atoms with Crippen LogP contribution in [0.15, 0.2) is 65.6 Å². The van der Waals surface area contributed by atoms with Gasteiger partial charge in [-0.05, 0) is 44.4 Å². The number of hydrogen-bond acceptors (Lipinski definition) is 7. The summed E-state index contributed by atoms with van der Waals surface area (Å²) in [5, 5.41) is 10.8. The van der Waals surface area contributed by atoms with Crippen LogP contribution in [0.25, 0.3) is 6.08 Å². The Morgan fingerprint density at radius 1 is 1.03 bits per heavy atom. The first-order valence-electron chi connectivity index (χ1n) is 10.8. The highest BCUT2D eigenvalue weighted by atomic mass is 32.2. The number of aliphatic hydroxyl groups is 1. The van der Waals surface area contributed by atoms with Gasteiger partial charge in [-0.2, -0.15) is 8.42 Å². The topological polar surface area (TPSA) is 107 Å². The van der Waals surface area contributed by atoms with Gasteiger partial charge < -0.3 is 9.84 Å². The molecule has 0 spiro atoms. The fraction of sp³-hybridized carbons (Fsp3) is 0.360. The Hall–Kier alpha value is -2.81. The smallest absolute Gasteiger partial charge is 0.346 e. The number of ether oxygens (including phenoxy) is 1. The molecular formula is C25H30O7S. The van der Waals surface area contributed by atoms with Crippen molar-refractivity contribution in [1.29, 1.82) is 0 Å². The second-order valence-electron chi connectivity index (χ2n) is 7.57. The van der Waals surface area contributed by atoms with Crippen LogP contribution >= 0.6 is 0 Å². The fourth-order valence-corrected chi connectivity index (χ4v) is 3.97. The number of ketones is 1. The van der Waals surface area contributed by atoms with Crippen molar-refractivity contribution in [1.82, 2.24) is 0 Å². The van der Waals surface area contributed by atoms with E-state index in [-0.39, 0.29) is 43.8 Å². The molecule has 0 aliphatic rings. The Kier molecular flexibility index (Phi) is 9.96. The van der Waals surface area contributed by atoms with Gasteiger partial charge in [0.1, 0.15) is 0 Å². The van der Waals surface area contributed by atoms with Gasteiger partial charge in [0.25, 0.3) is 10.1 Å². The predicted molar refractivity (Wildman–Crippen MR) is 125 cm³/mol. The third kappa shape index (κ3) is 7.92. The standard InChI is InChI=1S/C25H30O7S/c1-3-31-24(27)25(28,18-9-12-21-10-5-4-6-11-21)23(26)13-7-8-19-32-33(29,30)22-16-14-20(2)15-17-22/h4-6,9-12,14-17,28H,3,7-8,13,18-19H2,1-2H3/b12-9+. The Morgan fingerprint density at radius 3 is 2.33 bits per heavy atom. The lowest BCUT2D eigenvalue weighted by molar-refractivity contribution is -0.170. The van der Waals surface area contributed by atoms with Gasteiger partial charge in [0.05, 0.1) is 18.1 Å². The first-order chi connectivity index (χ1) is 15.7. The van der Waals surface area contributed by atoms with E-state index >= 15 is 0 Å². The Labute approximate surface area is 195 Å². The SMILES string of the molecule is CCOC(=O)C(O)(C/C=C/c1ccccc1)C(=O)CCCCOS(=O)(=O)c1ccc(C)cc1. The van der Waals surface area contributed by atoms with E-state index in [2.05, 4.69) is 0 Å². The van der Waals surface area contributed by atoms with Crippen molar-refractivity contribution in [2.45, 2.75) is 50.0 Å². The number of esters is 1. The molecule has 0 saturated heterocycles. The molecule has 7 nitrogen and oxygen atoms in total. The Morgan fingerprint density at radius 2 is 1.70 bits per heavy atom. The molecule has 178 valence electrons. The van der Waals surface area contributed by atoms with E-state index in [4.69, 9.17) is 8.92 Å². The minimum Gasteiger partial charge on any atom is -0.464 e. The number of carbonyl (C=O) groups is 2. The van der Waals surface area contributed by atoms with Crippen molar-refractivity contribution < 1.29 is 32.0 Å². The minimum atomic E-state index is -3.88. The van der Waals surface area contributed by atoms with Gasteiger partial charge in [-0.1, -0.05) is 60.2 Å². The lowest BCUT2D eigenvalue weighted by Crippen LogP contribution is -2.47.